The zero-order valence-electron chi connectivity index (χ0n) is 9.77. The first-order valence-corrected chi connectivity index (χ1v) is 5.73. The van der Waals surface area contributed by atoms with Gasteiger partial charge in [0.25, 0.3) is 0 Å². The Kier molecular flexibility index (Phi) is 2.95. The fourth-order valence-electron chi connectivity index (χ4n) is 2.06. The van der Waals surface area contributed by atoms with Gasteiger partial charge in [-0.3, -0.25) is 4.68 Å². The molecule has 84 valence electrons. The molecule has 0 bridgehead atoms. The number of hydrogen-bond acceptors (Lipinski definition) is 3. The molecule has 2 heterocycles. The summed E-state index contributed by atoms with van der Waals surface area (Å²) in [6, 6.07) is 1.11. The third-order valence-corrected chi connectivity index (χ3v) is 3.04. The van der Waals surface area contributed by atoms with Gasteiger partial charge in [0.05, 0.1) is 11.9 Å². The Labute approximate surface area is 91.3 Å². The molecule has 0 spiro atoms. The Morgan fingerprint density at radius 3 is 3.00 bits per heavy atom. The first-order chi connectivity index (χ1) is 7.20. The van der Waals surface area contributed by atoms with E-state index in [2.05, 4.69) is 42.3 Å². The highest BCUT2D eigenvalue weighted by Crippen LogP contribution is 2.18. The predicted octanol–water partition coefficient (Wildman–Crippen LogP) is 1.09. The summed E-state index contributed by atoms with van der Waals surface area (Å²) >= 11 is 0. The maximum absolute atomic E-state index is 4.32. The lowest BCUT2D eigenvalue weighted by Crippen LogP contribution is -2.54. The van der Waals surface area contributed by atoms with Crippen LogP contribution in [0.5, 0.6) is 0 Å². The fourth-order valence-corrected chi connectivity index (χ4v) is 2.06. The molecule has 1 saturated heterocycles. The van der Waals surface area contributed by atoms with Gasteiger partial charge in [-0.25, -0.2) is 0 Å². The van der Waals surface area contributed by atoms with Crippen LogP contribution in [0.15, 0.2) is 12.4 Å². The van der Waals surface area contributed by atoms with Gasteiger partial charge in [0, 0.05) is 37.9 Å². The van der Waals surface area contributed by atoms with E-state index < -0.39 is 0 Å². The number of nitrogens with zero attached hydrogens (tertiary/aromatic N) is 3. The Morgan fingerprint density at radius 1 is 1.53 bits per heavy atom. The second kappa shape index (κ2) is 4.23. The summed E-state index contributed by atoms with van der Waals surface area (Å²) in [7, 11) is 0. The van der Waals surface area contributed by atoms with Crippen LogP contribution in [0.4, 0.5) is 5.69 Å². The molecule has 0 saturated carbocycles. The van der Waals surface area contributed by atoms with Crippen molar-refractivity contribution in [3.8, 4) is 0 Å². The van der Waals surface area contributed by atoms with Gasteiger partial charge in [0.2, 0.25) is 0 Å². The summed E-state index contributed by atoms with van der Waals surface area (Å²) in [5.74, 6) is 0. The number of piperazine rings is 1. The molecular weight excluding hydrogens is 188 g/mol. The van der Waals surface area contributed by atoms with Crippen molar-refractivity contribution in [2.45, 2.75) is 39.4 Å². The lowest BCUT2D eigenvalue weighted by molar-refractivity contribution is 0.425. The van der Waals surface area contributed by atoms with Crippen molar-refractivity contribution in [3.05, 3.63) is 12.4 Å². The molecule has 2 rings (SSSR count). The van der Waals surface area contributed by atoms with Crippen molar-refractivity contribution in [1.82, 2.24) is 15.1 Å². The molecule has 1 aromatic rings. The van der Waals surface area contributed by atoms with Gasteiger partial charge in [-0.2, -0.15) is 5.10 Å². The smallest absolute Gasteiger partial charge is 0.0755 e. The van der Waals surface area contributed by atoms with E-state index in [0.29, 0.717) is 12.1 Å². The summed E-state index contributed by atoms with van der Waals surface area (Å²) in [5.41, 5.74) is 1.25. The molecule has 1 aromatic heterocycles. The highest BCUT2D eigenvalue weighted by atomic mass is 15.3. The van der Waals surface area contributed by atoms with Gasteiger partial charge in [0.15, 0.2) is 0 Å². The number of aryl methyl sites for hydroxylation is 1. The molecule has 2 atom stereocenters. The summed E-state index contributed by atoms with van der Waals surface area (Å²) in [5, 5.41) is 7.81. The standard InChI is InChI=1S/C11H20N4/c1-4-14-8-11(6-13-14)15-7-9(2)12-5-10(15)3/h6,8-10,12H,4-5,7H2,1-3H3. The number of anilines is 1. The van der Waals surface area contributed by atoms with Crippen LogP contribution in [0.25, 0.3) is 0 Å². The number of hydrogen-bond donors (Lipinski definition) is 1. The lowest BCUT2D eigenvalue weighted by atomic mass is 10.1. The van der Waals surface area contributed by atoms with Crippen molar-refractivity contribution >= 4 is 5.69 Å². The summed E-state index contributed by atoms with van der Waals surface area (Å²) in [4.78, 5) is 2.43. The lowest BCUT2D eigenvalue weighted by Gasteiger charge is -2.38. The maximum atomic E-state index is 4.32. The molecule has 0 aromatic carbocycles. The quantitative estimate of drug-likeness (QED) is 0.790. The van der Waals surface area contributed by atoms with Crippen molar-refractivity contribution in [2.75, 3.05) is 18.0 Å². The first-order valence-electron chi connectivity index (χ1n) is 5.73. The van der Waals surface area contributed by atoms with Gasteiger partial charge in [0.1, 0.15) is 0 Å². The van der Waals surface area contributed by atoms with Crippen molar-refractivity contribution in [3.63, 3.8) is 0 Å². The van der Waals surface area contributed by atoms with E-state index in [1.165, 1.54) is 5.69 Å². The van der Waals surface area contributed by atoms with E-state index >= 15 is 0 Å². The first kappa shape index (κ1) is 10.5. The minimum Gasteiger partial charge on any atom is -0.363 e. The normalized spacial score (nSPS) is 27.0. The molecule has 1 aliphatic heterocycles. The second-order valence-electron chi connectivity index (χ2n) is 4.36. The van der Waals surface area contributed by atoms with Crippen LogP contribution in [-0.2, 0) is 6.54 Å². The number of rotatable bonds is 2. The van der Waals surface area contributed by atoms with Crippen molar-refractivity contribution in [2.24, 2.45) is 0 Å². The Bertz CT molecular complexity index is 320. The highest BCUT2D eigenvalue weighted by Gasteiger charge is 2.23. The van der Waals surface area contributed by atoms with E-state index in [9.17, 15) is 0 Å². The molecule has 2 unspecified atom stereocenters. The van der Waals surface area contributed by atoms with E-state index in [-0.39, 0.29) is 0 Å². The monoisotopic (exact) mass is 208 g/mol. The minimum absolute atomic E-state index is 0.552. The fraction of sp³-hybridized carbons (Fsp3) is 0.727. The average molecular weight is 208 g/mol. The van der Waals surface area contributed by atoms with Crippen LogP contribution in [0, 0.1) is 0 Å². The summed E-state index contributed by atoms with van der Waals surface area (Å²) in [6.45, 7) is 9.65. The highest BCUT2D eigenvalue weighted by molar-refractivity contribution is 5.44. The van der Waals surface area contributed by atoms with Gasteiger partial charge in [-0.15, -0.1) is 0 Å². The van der Waals surface area contributed by atoms with Crippen LogP contribution in [-0.4, -0.2) is 35.0 Å². The Morgan fingerprint density at radius 2 is 2.33 bits per heavy atom. The molecule has 0 aliphatic carbocycles. The largest absolute Gasteiger partial charge is 0.363 e. The molecule has 0 amide bonds. The molecular formula is C11H20N4. The third-order valence-electron chi connectivity index (χ3n) is 3.04. The van der Waals surface area contributed by atoms with Crippen molar-refractivity contribution in [1.29, 1.82) is 0 Å². The predicted molar refractivity (Wildman–Crippen MR) is 62.2 cm³/mol. The summed E-state index contributed by atoms with van der Waals surface area (Å²) < 4.78 is 1.98. The van der Waals surface area contributed by atoms with Gasteiger partial charge < -0.3 is 10.2 Å². The Hall–Kier alpha value is -1.03. The van der Waals surface area contributed by atoms with Crippen LogP contribution in [0.2, 0.25) is 0 Å². The van der Waals surface area contributed by atoms with E-state index in [1.54, 1.807) is 0 Å². The zero-order valence-corrected chi connectivity index (χ0v) is 9.77. The number of aromatic nitrogens is 2. The second-order valence-corrected chi connectivity index (χ2v) is 4.36. The molecule has 15 heavy (non-hydrogen) atoms. The van der Waals surface area contributed by atoms with E-state index in [4.69, 9.17) is 0 Å². The van der Waals surface area contributed by atoms with Crippen LogP contribution >= 0.6 is 0 Å². The van der Waals surface area contributed by atoms with Gasteiger partial charge in [-0.05, 0) is 20.8 Å². The van der Waals surface area contributed by atoms with Gasteiger partial charge in [-0.1, -0.05) is 0 Å². The number of nitrogens with one attached hydrogen (secondary N) is 1. The van der Waals surface area contributed by atoms with Gasteiger partial charge >= 0.3 is 0 Å². The molecule has 4 nitrogen and oxygen atoms in total. The van der Waals surface area contributed by atoms with E-state index in [1.807, 2.05) is 10.9 Å². The molecule has 1 N–H and O–H groups in total. The van der Waals surface area contributed by atoms with Crippen LogP contribution in [0.3, 0.4) is 0 Å². The zero-order chi connectivity index (χ0) is 10.8. The molecule has 1 aliphatic rings. The average Bonchev–Trinajstić information content (AvgIpc) is 2.70. The molecule has 4 heteroatoms. The summed E-state index contributed by atoms with van der Waals surface area (Å²) in [6.07, 6.45) is 4.10. The van der Waals surface area contributed by atoms with Crippen molar-refractivity contribution < 1.29 is 0 Å². The minimum atomic E-state index is 0.552. The third kappa shape index (κ3) is 2.15. The van der Waals surface area contributed by atoms with Crippen LogP contribution in [0.1, 0.15) is 20.8 Å². The van der Waals surface area contributed by atoms with E-state index in [0.717, 1.165) is 19.6 Å². The molecule has 0 radical (unpaired) electrons. The SMILES string of the molecule is CCn1cc(N2CC(C)NCC2C)cn1. The Balaban J connectivity index is 2.13. The van der Waals surface area contributed by atoms with Crippen LogP contribution < -0.4 is 10.2 Å². The molecule has 1 fully saturated rings. The topological polar surface area (TPSA) is 33.1 Å². The maximum Gasteiger partial charge on any atom is 0.0755 e.